The Hall–Kier alpha value is -2.47. The summed E-state index contributed by atoms with van der Waals surface area (Å²) in [6.07, 6.45) is -2.31. The molecule has 0 aliphatic heterocycles. The number of unbranched alkanes of at least 4 members (excludes halogenated alkanes) is 1. The molecule has 0 amide bonds. The number of carbonyl (C=O) groups excluding carboxylic acids is 1. The zero-order valence-corrected chi connectivity index (χ0v) is 17.8. The van der Waals surface area contributed by atoms with Crippen molar-refractivity contribution >= 4 is 17.2 Å². The second-order valence-corrected chi connectivity index (χ2v) is 7.61. The summed E-state index contributed by atoms with van der Waals surface area (Å²) < 4.78 is 40.3. The lowest BCUT2D eigenvalue weighted by Gasteiger charge is -2.12. The van der Waals surface area contributed by atoms with Gasteiger partial charge in [-0.3, -0.25) is 9.53 Å². The molecule has 0 spiro atoms. The maximum atomic E-state index is 12.5. The molecule has 0 saturated heterocycles. The molecular weight excluding hydrogens is 391 g/mol. The third-order valence-electron chi connectivity index (χ3n) is 4.72. The molecule has 0 aromatic heterocycles. The summed E-state index contributed by atoms with van der Waals surface area (Å²) in [5.74, 6) is 0.131. The molecule has 0 unspecified atom stereocenters. The van der Waals surface area contributed by atoms with Crippen LogP contribution in [0.1, 0.15) is 51.2 Å². The molecule has 0 saturated carbocycles. The van der Waals surface area contributed by atoms with Crippen molar-refractivity contribution < 1.29 is 22.7 Å². The fourth-order valence-corrected chi connectivity index (χ4v) is 3.03. The number of nitrogens with zero attached hydrogens (tertiary/aromatic N) is 1. The van der Waals surface area contributed by atoms with Gasteiger partial charge in [-0.2, -0.15) is 0 Å². The lowest BCUT2D eigenvalue weighted by Crippen LogP contribution is -2.19. The van der Waals surface area contributed by atoms with Crippen LogP contribution in [0.25, 0.3) is 11.1 Å². The molecule has 0 radical (unpaired) electrons. The fourth-order valence-electron chi connectivity index (χ4n) is 3.03. The lowest BCUT2D eigenvalue weighted by atomic mass is 9.99. The van der Waals surface area contributed by atoms with Crippen LogP contribution in [0.3, 0.4) is 0 Å². The van der Waals surface area contributed by atoms with E-state index in [0.29, 0.717) is 17.7 Å². The van der Waals surface area contributed by atoms with Gasteiger partial charge in [0.1, 0.15) is 0 Å². The lowest BCUT2D eigenvalue weighted by molar-refractivity contribution is -0.330. The van der Waals surface area contributed by atoms with Gasteiger partial charge in [0.25, 0.3) is 0 Å². The minimum Gasteiger partial charge on any atom is -0.293 e. The standard InChI is InChI=1S/C24H28F3NO2/c1-5-6-7-22(29)23(16(2)3)28-21-13-12-20(14-17(21)4)19-10-8-18(9-11-19)15-30-24(25,26)27/h8-14,16H,5-7,15H2,1-4H3. The Morgan fingerprint density at radius 2 is 1.70 bits per heavy atom. The van der Waals surface area contributed by atoms with Crippen molar-refractivity contribution in [3.63, 3.8) is 0 Å². The van der Waals surface area contributed by atoms with Crippen molar-refractivity contribution in [1.82, 2.24) is 0 Å². The minimum absolute atomic E-state index is 0.0416. The number of ketones is 1. The highest BCUT2D eigenvalue weighted by atomic mass is 19.4. The van der Waals surface area contributed by atoms with E-state index in [2.05, 4.69) is 16.7 Å². The van der Waals surface area contributed by atoms with Crippen LogP contribution in [0.15, 0.2) is 47.5 Å². The molecule has 30 heavy (non-hydrogen) atoms. The van der Waals surface area contributed by atoms with Crippen LogP contribution in [0.5, 0.6) is 0 Å². The summed E-state index contributed by atoms with van der Waals surface area (Å²) in [5.41, 5.74) is 4.53. The molecule has 162 valence electrons. The number of halogens is 3. The Balaban J connectivity index is 2.20. The molecule has 0 aliphatic carbocycles. The molecule has 0 heterocycles. The van der Waals surface area contributed by atoms with E-state index in [-0.39, 0.29) is 11.7 Å². The van der Waals surface area contributed by atoms with Crippen LogP contribution < -0.4 is 0 Å². The van der Waals surface area contributed by atoms with Crippen LogP contribution in [0.2, 0.25) is 0 Å². The average molecular weight is 419 g/mol. The molecule has 0 N–H and O–H groups in total. The predicted molar refractivity (Wildman–Crippen MR) is 114 cm³/mol. The van der Waals surface area contributed by atoms with Crippen LogP contribution >= 0.6 is 0 Å². The van der Waals surface area contributed by atoms with Gasteiger partial charge >= 0.3 is 6.36 Å². The third-order valence-corrected chi connectivity index (χ3v) is 4.72. The third kappa shape index (κ3) is 7.10. The fraction of sp³-hybridized carbons (Fsp3) is 0.417. The SMILES string of the molecule is CCCCC(=O)C(=Nc1ccc(-c2ccc(COC(F)(F)F)cc2)cc1C)C(C)C. The van der Waals surface area contributed by atoms with Gasteiger partial charge < -0.3 is 0 Å². The number of aliphatic imine (C=N–C) groups is 1. The summed E-state index contributed by atoms with van der Waals surface area (Å²) in [6, 6.07) is 12.5. The van der Waals surface area contributed by atoms with E-state index in [0.717, 1.165) is 35.2 Å². The molecular formula is C24H28F3NO2. The zero-order chi connectivity index (χ0) is 22.3. The van der Waals surface area contributed by atoms with Gasteiger partial charge in [-0.15, -0.1) is 13.2 Å². The van der Waals surface area contributed by atoms with E-state index < -0.39 is 13.0 Å². The number of Topliss-reactive ketones (excluding diaryl/α,β-unsaturated/α-hetero) is 1. The number of aryl methyl sites for hydroxylation is 1. The molecule has 0 atom stereocenters. The predicted octanol–water partition coefficient (Wildman–Crippen LogP) is 7.19. The second-order valence-electron chi connectivity index (χ2n) is 7.61. The summed E-state index contributed by atoms with van der Waals surface area (Å²) >= 11 is 0. The van der Waals surface area contributed by atoms with Gasteiger partial charge in [0.15, 0.2) is 5.78 Å². The number of rotatable bonds is 9. The summed E-state index contributed by atoms with van der Waals surface area (Å²) in [4.78, 5) is 17.1. The monoisotopic (exact) mass is 419 g/mol. The molecule has 2 rings (SSSR count). The van der Waals surface area contributed by atoms with Gasteiger partial charge in [-0.05, 0) is 53.6 Å². The van der Waals surface area contributed by atoms with Crippen LogP contribution in [0.4, 0.5) is 18.9 Å². The van der Waals surface area contributed by atoms with E-state index in [1.54, 1.807) is 24.3 Å². The van der Waals surface area contributed by atoms with Crippen molar-refractivity contribution in [1.29, 1.82) is 0 Å². The average Bonchev–Trinajstić information content (AvgIpc) is 2.69. The van der Waals surface area contributed by atoms with E-state index in [9.17, 15) is 18.0 Å². The summed E-state index contributed by atoms with van der Waals surface area (Å²) in [6.45, 7) is 7.41. The van der Waals surface area contributed by atoms with Crippen molar-refractivity contribution in [3.8, 4) is 11.1 Å². The van der Waals surface area contributed by atoms with Crippen LogP contribution in [0, 0.1) is 12.8 Å². The number of benzene rings is 2. The largest absolute Gasteiger partial charge is 0.522 e. The van der Waals surface area contributed by atoms with Crippen molar-refractivity contribution in [3.05, 3.63) is 53.6 Å². The Morgan fingerprint density at radius 1 is 1.07 bits per heavy atom. The van der Waals surface area contributed by atoms with E-state index in [1.165, 1.54) is 0 Å². The first-order valence-electron chi connectivity index (χ1n) is 10.1. The Labute approximate surface area is 176 Å². The number of ether oxygens (including phenoxy) is 1. The van der Waals surface area contributed by atoms with E-state index >= 15 is 0 Å². The van der Waals surface area contributed by atoms with E-state index in [4.69, 9.17) is 0 Å². The summed E-state index contributed by atoms with van der Waals surface area (Å²) in [7, 11) is 0. The second kappa shape index (κ2) is 10.5. The van der Waals surface area contributed by atoms with Crippen molar-refractivity contribution in [2.75, 3.05) is 0 Å². The zero-order valence-electron chi connectivity index (χ0n) is 17.8. The van der Waals surface area contributed by atoms with Crippen molar-refractivity contribution in [2.24, 2.45) is 10.9 Å². The maximum Gasteiger partial charge on any atom is 0.522 e. The normalized spacial score (nSPS) is 12.5. The Bertz CT molecular complexity index is 884. The number of hydrogen-bond acceptors (Lipinski definition) is 3. The van der Waals surface area contributed by atoms with Crippen LogP contribution in [-0.4, -0.2) is 17.9 Å². The van der Waals surface area contributed by atoms with Gasteiger partial charge in [0.2, 0.25) is 0 Å². The van der Waals surface area contributed by atoms with Gasteiger partial charge in [-0.1, -0.05) is 57.5 Å². The number of hydrogen-bond donors (Lipinski definition) is 0. The minimum atomic E-state index is -4.64. The topological polar surface area (TPSA) is 38.7 Å². The molecule has 3 nitrogen and oxygen atoms in total. The highest BCUT2D eigenvalue weighted by Crippen LogP contribution is 2.28. The first-order valence-corrected chi connectivity index (χ1v) is 10.1. The number of carbonyl (C=O) groups is 1. The molecule has 0 fully saturated rings. The summed E-state index contributed by atoms with van der Waals surface area (Å²) in [5, 5.41) is 0. The van der Waals surface area contributed by atoms with Crippen molar-refractivity contribution in [2.45, 2.75) is 59.9 Å². The Morgan fingerprint density at radius 3 is 2.23 bits per heavy atom. The highest BCUT2D eigenvalue weighted by molar-refractivity contribution is 6.40. The maximum absolute atomic E-state index is 12.5. The van der Waals surface area contributed by atoms with E-state index in [1.807, 2.05) is 39.0 Å². The number of alkyl halides is 3. The molecule has 0 aliphatic rings. The molecule has 2 aromatic rings. The molecule has 6 heteroatoms. The van der Waals surface area contributed by atoms with Gasteiger partial charge in [0.05, 0.1) is 18.0 Å². The smallest absolute Gasteiger partial charge is 0.293 e. The first kappa shape index (κ1) is 23.8. The van der Waals surface area contributed by atoms with Gasteiger partial charge in [-0.25, -0.2) is 4.99 Å². The highest BCUT2D eigenvalue weighted by Gasteiger charge is 2.28. The van der Waals surface area contributed by atoms with Gasteiger partial charge in [0, 0.05) is 6.42 Å². The molecule has 0 bridgehead atoms. The molecule has 2 aromatic carbocycles. The quantitative estimate of drug-likeness (QED) is 0.404. The van der Waals surface area contributed by atoms with Crippen LogP contribution in [-0.2, 0) is 16.1 Å². The Kier molecular flexibility index (Phi) is 8.35. The first-order chi connectivity index (χ1) is 14.1.